The fraction of sp³-hybridized carbons (Fsp3) is 0.357. The van der Waals surface area contributed by atoms with Crippen LogP contribution in [0.2, 0.25) is 0 Å². The molecule has 1 aromatic carbocycles. The lowest BCUT2D eigenvalue weighted by Crippen LogP contribution is -2.25. The van der Waals surface area contributed by atoms with Crippen molar-refractivity contribution in [1.82, 2.24) is 9.29 Å². The Morgan fingerprint density at radius 2 is 2.19 bits per heavy atom. The van der Waals surface area contributed by atoms with E-state index in [1.54, 1.807) is 7.11 Å². The second-order valence-corrected chi connectivity index (χ2v) is 7.18. The molecule has 0 unspecified atom stereocenters. The summed E-state index contributed by atoms with van der Waals surface area (Å²) in [5.41, 5.74) is 7.44. The van der Waals surface area contributed by atoms with Crippen molar-refractivity contribution in [2.45, 2.75) is 13.0 Å². The van der Waals surface area contributed by atoms with Gasteiger partial charge in [0.2, 0.25) is 10.0 Å². The van der Waals surface area contributed by atoms with Gasteiger partial charge in [0.05, 0.1) is 18.4 Å². The van der Waals surface area contributed by atoms with Gasteiger partial charge in [-0.05, 0) is 24.6 Å². The molecule has 1 aliphatic heterocycles. The molecule has 21 heavy (non-hydrogen) atoms. The van der Waals surface area contributed by atoms with E-state index in [1.807, 2.05) is 24.3 Å². The molecule has 1 aromatic heterocycles. The molecule has 0 atom stereocenters. The Hall–Kier alpha value is -1.86. The van der Waals surface area contributed by atoms with Crippen LogP contribution in [0.4, 0.5) is 5.82 Å². The largest absolute Gasteiger partial charge is 0.497 e. The van der Waals surface area contributed by atoms with Crippen LogP contribution in [0.1, 0.15) is 12.0 Å². The Balaban J connectivity index is 1.98. The number of anilines is 1. The summed E-state index contributed by atoms with van der Waals surface area (Å²) >= 11 is 0. The number of methoxy groups -OCH3 is 1. The van der Waals surface area contributed by atoms with Gasteiger partial charge in [-0.1, -0.05) is 0 Å². The van der Waals surface area contributed by atoms with Gasteiger partial charge < -0.3 is 10.5 Å². The van der Waals surface area contributed by atoms with Gasteiger partial charge in [-0.25, -0.2) is 13.4 Å². The minimum absolute atomic E-state index is 0.213. The van der Waals surface area contributed by atoms with Crippen molar-refractivity contribution in [2.24, 2.45) is 0 Å². The third kappa shape index (κ3) is 2.66. The van der Waals surface area contributed by atoms with Crippen molar-refractivity contribution in [2.75, 3.05) is 25.1 Å². The molecule has 2 aromatic rings. The zero-order valence-corrected chi connectivity index (χ0v) is 12.6. The molecule has 7 heteroatoms. The highest BCUT2D eigenvalue weighted by atomic mass is 32.2. The third-order valence-electron chi connectivity index (χ3n) is 3.69. The number of sulfonamides is 1. The number of rotatable bonds is 3. The van der Waals surface area contributed by atoms with Crippen molar-refractivity contribution in [3.8, 4) is 5.75 Å². The Morgan fingerprint density at radius 1 is 1.38 bits per heavy atom. The van der Waals surface area contributed by atoms with Gasteiger partial charge in [0, 0.05) is 30.1 Å². The van der Waals surface area contributed by atoms with E-state index in [0.29, 0.717) is 24.5 Å². The number of hydrogen-bond acceptors (Lipinski definition) is 5. The fourth-order valence-electron chi connectivity index (χ4n) is 2.52. The summed E-state index contributed by atoms with van der Waals surface area (Å²) < 4.78 is 30.4. The van der Waals surface area contributed by atoms with Crippen LogP contribution in [0.15, 0.2) is 24.3 Å². The van der Waals surface area contributed by atoms with E-state index in [9.17, 15) is 8.42 Å². The van der Waals surface area contributed by atoms with E-state index in [1.165, 1.54) is 4.31 Å². The van der Waals surface area contributed by atoms with Crippen molar-refractivity contribution < 1.29 is 13.2 Å². The lowest BCUT2D eigenvalue weighted by molar-refractivity contribution is 0.415. The first-order chi connectivity index (χ1) is 9.99. The molecule has 2 heterocycles. The maximum Gasteiger partial charge on any atom is 0.214 e. The highest BCUT2D eigenvalue weighted by Gasteiger charge is 2.28. The van der Waals surface area contributed by atoms with Crippen molar-refractivity contribution in [3.63, 3.8) is 0 Å². The predicted octanol–water partition coefficient (Wildman–Crippen LogP) is 1.36. The zero-order valence-electron chi connectivity index (χ0n) is 11.7. The molecule has 6 nitrogen and oxygen atoms in total. The Bertz CT molecular complexity index is 789. The zero-order chi connectivity index (χ0) is 15.0. The molecule has 2 N–H and O–H groups in total. The average Bonchev–Trinajstić information content (AvgIpc) is 2.78. The molecule has 0 radical (unpaired) electrons. The summed E-state index contributed by atoms with van der Waals surface area (Å²) in [6, 6.07) is 7.44. The van der Waals surface area contributed by atoms with Crippen LogP contribution in [-0.4, -0.2) is 37.1 Å². The van der Waals surface area contributed by atoms with Gasteiger partial charge in [-0.2, -0.15) is 4.31 Å². The van der Waals surface area contributed by atoms with Crippen LogP contribution in [0.25, 0.3) is 10.9 Å². The smallest absolute Gasteiger partial charge is 0.214 e. The summed E-state index contributed by atoms with van der Waals surface area (Å²) in [7, 11) is -1.54. The van der Waals surface area contributed by atoms with Gasteiger partial charge in [0.15, 0.2) is 0 Å². The molecule has 1 aliphatic rings. The number of pyridine rings is 1. The lowest BCUT2D eigenvalue weighted by Gasteiger charge is -2.16. The lowest BCUT2D eigenvalue weighted by atomic mass is 10.1. The summed E-state index contributed by atoms with van der Waals surface area (Å²) in [5.74, 6) is 1.28. The molecule has 1 fully saturated rings. The molecular weight excluding hydrogens is 290 g/mol. The first-order valence-electron chi connectivity index (χ1n) is 6.70. The maximum absolute atomic E-state index is 11.9. The average molecular weight is 307 g/mol. The van der Waals surface area contributed by atoms with Gasteiger partial charge in [0.25, 0.3) is 0 Å². The highest BCUT2D eigenvalue weighted by Crippen LogP contribution is 2.25. The van der Waals surface area contributed by atoms with Gasteiger partial charge in [0.1, 0.15) is 11.6 Å². The third-order valence-corrected chi connectivity index (χ3v) is 5.59. The maximum atomic E-state index is 11.9. The summed E-state index contributed by atoms with van der Waals surface area (Å²) in [4.78, 5) is 4.35. The van der Waals surface area contributed by atoms with Gasteiger partial charge in [-0.3, -0.25) is 0 Å². The van der Waals surface area contributed by atoms with Crippen molar-refractivity contribution >= 4 is 26.7 Å². The van der Waals surface area contributed by atoms with Crippen LogP contribution < -0.4 is 10.5 Å². The predicted molar refractivity (Wildman–Crippen MR) is 81.5 cm³/mol. The number of fused-ring (bicyclic) bond motifs is 1. The Labute approximate surface area is 123 Å². The number of aromatic nitrogens is 1. The Morgan fingerprint density at radius 3 is 2.86 bits per heavy atom. The number of nitrogens with two attached hydrogens (primary N) is 1. The number of ether oxygens (including phenoxy) is 1. The minimum atomic E-state index is -3.14. The van der Waals surface area contributed by atoms with Crippen LogP contribution in [0.3, 0.4) is 0 Å². The monoisotopic (exact) mass is 307 g/mol. The molecule has 1 saturated heterocycles. The molecular formula is C14H17N3O3S. The second kappa shape index (κ2) is 5.16. The molecule has 0 bridgehead atoms. The SMILES string of the molecule is COc1ccc2cc(CN3CCCS3(=O)=O)c(N)nc2c1. The van der Waals surface area contributed by atoms with E-state index in [-0.39, 0.29) is 12.3 Å². The molecule has 112 valence electrons. The number of benzene rings is 1. The van der Waals surface area contributed by atoms with Gasteiger partial charge >= 0.3 is 0 Å². The summed E-state index contributed by atoms with van der Waals surface area (Å²) in [6.07, 6.45) is 0.667. The minimum Gasteiger partial charge on any atom is -0.497 e. The number of nitrogens with zero attached hydrogens (tertiary/aromatic N) is 2. The summed E-state index contributed by atoms with van der Waals surface area (Å²) in [5, 5.41) is 0.914. The van der Waals surface area contributed by atoms with Crippen LogP contribution in [-0.2, 0) is 16.6 Å². The highest BCUT2D eigenvalue weighted by molar-refractivity contribution is 7.89. The Kier molecular flexibility index (Phi) is 3.46. The van der Waals surface area contributed by atoms with E-state index in [2.05, 4.69) is 4.98 Å². The van der Waals surface area contributed by atoms with E-state index in [4.69, 9.17) is 10.5 Å². The summed E-state index contributed by atoms with van der Waals surface area (Å²) in [6.45, 7) is 0.825. The van der Waals surface area contributed by atoms with Crippen LogP contribution >= 0.6 is 0 Å². The number of hydrogen-bond donors (Lipinski definition) is 1. The molecule has 0 spiro atoms. The molecule has 0 aliphatic carbocycles. The normalized spacial score (nSPS) is 18.1. The topological polar surface area (TPSA) is 85.5 Å². The molecule has 0 amide bonds. The van der Waals surface area contributed by atoms with Crippen LogP contribution in [0, 0.1) is 0 Å². The van der Waals surface area contributed by atoms with Crippen molar-refractivity contribution in [1.29, 1.82) is 0 Å². The number of nitrogen functional groups attached to an aromatic ring is 1. The van der Waals surface area contributed by atoms with E-state index < -0.39 is 10.0 Å². The first-order valence-corrected chi connectivity index (χ1v) is 8.31. The fourth-order valence-corrected chi connectivity index (χ4v) is 4.01. The quantitative estimate of drug-likeness (QED) is 0.925. The second-order valence-electron chi connectivity index (χ2n) is 5.09. The first kappa shape index (κ1) is 14.1. The standard InChI is InChI=1S/C14H17N3O3S/c1-20-12-4-3-10-7-11(14(15)16-13(10)8-12)9-17-5-2-6-21(17,18)19/h3-4,7-8H,2,5-6,9H2,1H3,(H2,15,16). The van der Waals surface area contributed by atoms with Crippen molar-refractivity contribution in [3.05, 3.63) is 29.8 Å². The van der Waals surface area contributed by atoms with Gasteiger partial charge in [-0.15, -0.1) is 0 Å². The molecule has 0 saturated carbocycles. The molecule has 3 rings (SSSR count). The van der Waals surface area contributed by atoms with Crippen LogP contribution in [0.5, 0.6) is 5.75 Å². The van der Waals surface area contributed by atoms with E-state index in [0.717, 1.165) is 16.5 Å². The van der Waals surface area contributed by atoms with E-state index >= 15 is 0 Å².